The predicted molar refractivity (Wildman–Crippen MR) is 116 cm³/mol. The van der Waals surface area contributed by atoms with Crippen molar-refractivity contribution in [3.8, 4) is 0 Å². The summed E-state index contributed by atoms with van der Waals surface area (Å²) in [6.07, 6.45) is 2.58. The monoisotopic (exact) mass is 367 g/mol. The average molecular weight is 368 g/mol. The van der Waals surface area contributed by atoms with E-state index in [9.17, 15) is 0 Å². The van der Waals surface area contributed by atoms with Gasteiger partial charge in [0.2, 0.25) is 0 Å². The smallest absolute Gasteiger partial charge is 0.171 e. The van der Waals surface area contributed by atoms with Crippen molar-refractivity contribution in [1.82, 2.24) is 5.32 Å². The number of benzene rings is 2. The van der Waals surface area contributed by atoms with Crippen molar-refractivity contribution in [2.24, 2.45) is 5.92 Å². The van der Waals surface area contributed by atoms with Gasteiger partial charge in [0.1, 0.15) is 0 Å². The van der Waals surface area contributed by atoms with Crippen molar-refractivity contribution in [1.29, 1.82) is 0 Å². The Morgan fingerprint density at radius 3 is 2.46 bits per heavy atom. The Balaban J connectivity index is 1.56. The Morgan fingerprint density at radius 1 is 1.12 bits per heavy atom. The molecule has 138 valence electrons. The van der Waals surface area contributed by atoms with E-state index >= 15 is 0 Å². The van der Waals surface area contributed by atoms with Crippen molar-refractivity contribution in [3.05, 3.63) is 59.7 Å². The molecule has 1 atom stereocenters. The van der Waals surface area contributed by atoms with Gasteiger partial charge in [-0.25, -0.2) is 0 Å². The average Bonchev–Trinajstić information content (AvgIpc) is 2.62. The van der Waals surface area contributed by atoms with Gasteiger partial charge in [-0.2, -0.15) is 0 Å². The van der Waals surface area contributed by atoms with E-state index in [2.05, 4.69) is 72.7 Å². The lowest BCUT2D eigenvalue weighted by atomic mass is 9.98. The van der Waals surface area contributed by atoms with E-state index in [1.54, 1.807) is 0 Å². The van der Waals surface area contributed by atoms with Crippen LogP contribution in [0.2, 0.25) is 0 Å². The Bertz CT molecular complexity index is 733. The van der Waals surface area contributed by atoms with Gasteiger partial charge in [0.05, 0.1) is 6.04 Å². The van der Waals surface area contributed by atoms with E-state index in [0.717, 1.165) is 11.6 Å². The summed E-state index contributed by atoms with van der Waals surface area (Å²) in [6.45, 7) is 8.90. The Hall–Kier alpha value is -2.07. The van der Waals surface area contributed by atoms with Gasteiger partial charge in [0.15, 0.2) is 5.11 Å². The molecule has 1 aliphatic rings. The van der Waals surface area contributed by atoms with Crippen LogP contribution in [0.3, 0.4) is 0 Å². The van der Waals surface area contributed by atoms with Crippen LogP contribution in [0.25, 0.3) is 0 Å². The highest BCUT2D eigenvalue weighted by molar-refractivity contribution is 7.80. The zero-order valence-corrected chi connectivity index (χ0v) is 16.8. The molecule has 0 amide bonds. The third-order valence-electron chi connectivity index (χ3n) is 5.17. The van der Waals surface area contributed by atoms with E-state index in [4.69, 9.17) is 12.2 Å². The third kappa shape index (κ3) is 4.98. The van der Waals surface area contributed by atoms with Crippen LogP contribution >= 0.6 is 12.2 Å². The summed E-state index contributed by atoms with van der Waals surface area (Å²) in [5.41, 5.74) is 4.80. The summed E-state index contributed by atoms with van der Waals surface area (Å²) >= 11 is 5.46. The number of anilines is 2. The van der Waals surface area contributed by atoms with E-state index in [1.165, 1.54) is 42.7 Å². The van der Waals surface area contributed by atoms with Gasteiger partial charge in [-0.05, 0) is 80.2 Å². The van der Waals surface area contributed by atoms with E-state index in [-0.39, 0.29) is 6.04 Å². The molecule has 0 radical (unpaired) electrons. The van der Waals surface area contributed by atoms with Crippen molar-refractivity contribution in [2.75, 3.05) is 23.3 Å². The predicted octanol–water partition coefficient (Wildman–Crippen LogP) is 5.28. The van der Waals surface area contributed by atoms with Crippen molar-refractivity contribution >= 4 is 28.7 Å². The lowest BCUT2D eigenvalue weighted by molar-refractivity contribution is 0.438. The van der Waals surface area contributed by atoms with Crippen LogP contribution in [-0.2, 0) is 0 Å². The molecule has 0 saturated carbocycles. The number of hydrogen-bond acceptors (Lipinski definition) is 2. The second kappa shape index (κ2) is 8.54. The second-order valence-corrected chi connectivity index (χ2v) is 7.86. The molecule has 2 aromatic rings. The molecule has 2 N–H and O–H groups in total. The molecule has 1 unspecified atom stereocenters. The number of nitrogens with one attached hydrogen (secondary N) is 2. The van der Waals surface area contributed by atoms with Crippen molar-refractivity contribution in [2.45, 2.75) is 39.7 Å². The lowest BCUT2D eigenvalue weighted by Gasteiger charge is -2.32. The fourth-order valence-electron chi connectivity index (χ4n) is 3.41. The van der Waals surface area contributed by atoms with Gasteiger partial charge < -0.3 is 15.5 Å². The van der Waals surface area contributed by atoms with E-state index in [1.807, 2.05) is 12.1 Å². The maximum absolute atomic E-state index is 5.46. The van der Waals surface area contributed by atoms with Gasteiger partial charge in [0, 0.05) is 24.5 Å². The molecule has 0 aromatic heterocycles. The molecule has 1 fully saturated rings. The zero-order valence-electron chi connectivity index (χ0n) is 16.0. The summed E-state index contributed by atoms with van der Waals surface area (Å²) < 4.78 is 0. The number of aryl methyl sites for hydroxylation is 1. The second-order valence-electron chi connectivity index (χ2n) is 7.45. The highest BCUT2D eigenvalue weighted by atomic mass is 32.1. The first-order chi connectivity index (χ1) is 12.5. The molecule has 1 heterocycles. The lowest BCUT2D eigenvalue weighted by Crippen LogP contribution is -2.33. The molecule has 4 heteroatoms. The van der Waals surface area contributed by atoms with Crippen molar-refractivity contribution < 1.29 is 0 Å². The quantitative estimate of drug-likeness (QED) is 0.719. The molecule has 1 saturated heterocycles. The maximum Gasteiger partial charge on any atom is 0.171 e. The molecule has 0 bridgehead atoms. The molecule has 3 nitrogen and oxygen atoms in total. The SMILES string of the molecule is Cc1cccc(NC(=S)NC(C)c2ccc(N3CCC(C)CC3)cc2)c1. The maximum atomic E-state index is 5.46. The van der Waals surface area contributed by atoms with E-state index in [0.29, 0.717) is 5.11 Å². The van der Waals surface area contributed by atoms with Crippen LogP contribution in [0.4, 0.5) is 11.4 Å². The van der Waals surface area contributed by atoms with Crippen LogP contribution in [0.15, 0.2) is 48.5 Å². The van der Waals surface area contributed by atoms with Gasteiger partial charge in [0.25, 0.3) is 0 Å². The Kier molecular flexibility index (Phi) is 6.15. The van der Waals surface area contributed by atoms with Crippen LogP contribution in [-0.4, -0.2) is 18.2 Å². The molecule has 0 aliphatic carbocycles. The largest absolute Gasteiger partial charge is 0.372 e. The topological polar surface area (TPSA) is 27.3 Å². The standard InChI is InChI=1S/C22H29N3S/c1-16-11-13-25(14-12-16)21-9-7-19(8-10-21)18(3)23-22(26)24-20-6-4-5-17(2)15-20/h4-10,15-16,18H,11-14H2,1-3H3,(H2,23,24,26). The van der Waals surface area contributed by atoms with Gasteiger partial charge in [-0.3, -0.25) is 0 Å². The number of hydrogen-bond donors (Lipinski definition) is 2. The third-order valence-corrected chi connectivity index (χ3v) is 5.39. The van der Waals surface area contributed by atoms with E-state index < -0.39 is 0 Å². The summed E-state index contributed by atoms with van der Waals surface area (Å²) in [4.78, 5) is 2.49. The molecule has 26 heavy (non-hydrogen) atoms. The molecule has 2 aromatic carbocycles. The van der Waals surface area contributed by atoms with Gasteiger partial charge in [-0.15, -0.1) is 0 Å². The summed E-state index contributed by atoms with van der Waals surface area (Å²) in [5, 5.41) is 7.29. The van der Waals surface area contributed by atoms with Crippen molar-refractivity contribution in [3.63, 3.8) is 0 Å². The Labute approximate surface area is 162 Å². The van der Waals surface area contributed by atoms with Gasteiger partial charge >= 0.3 is 0 Å². The Morgan fingerprint density at radius 2 is 1.81 bits per heavy atom. The number of piperidine rings is 1. The molecular weight excluding hydrogens is 338 g/mol. The minimum Gasteiger partial charge on any atom is -0.372 e. The first-order valence-electron chi connectivity index (χ1n) is 9.50. The normalized spacial score (nSPS) is 16.2. The highest BCUT2D eigenvalue weighted by Crippen LogP contribution is 2.24. The zero-order chi connectivity index (χ0) is 18.5. The van der Waals surface area contributed by atoms with Crippen LogP contribution in [0.1, 0.15) is 43.9 Å². The number of rotatable bonds is 4. The first-order valence-corrected chi connectivity index (χ1v) is 9.91. The molecular formula is C22H29N3S. The molecule has 0 spiro atoms. The minimum absolute atomic E-state index is 0.162. The summed E-state index contributed by atoms with van der Waals surface area (Å²) in [7, 11) is 0. The fraction of sp³-hybridized carbons (Fsp3) is 0.409. The minimum atomic E-state index is 0.162. The fourth-order valence-corrected chi connectivity index (χ4v) is 3.71. The van der Waals surface area contributed by atoms with Crippen LogP contribution in [0.5, 0.6) is 0 Å². The summed E-state index contributed by atoms with van der Waals surface area (Å²) in [5.74, 6) is 0.858. The molecule has 3 rings (SSSR count). The van der Waals surface area contributed by atoms with Crippen LogP contribution in [0, 0.1) is 12.8 Å². The van der Waals surface area contributed by atoms with Crippen LogP contribution < -0.4 is 15.5 Å². The molecule has 1 aliphatic heterocycles. The number of thiocarbonyl (C=S) groups is 1. The van der Waals surface area contributed by atoms with Gasteiger partial charge in [-0.1, -0.05) is 31.2 Å². The summed E-state index contributed by atoms with van der Waals surface area (Å²) in [6, 6.07) is 17.3. The first kappa shape index (κ1) is 18.7. The highest BCUT2D eigenvalue weighted by Gasteiger charge is 2.16. The number of nitrogens with zero attached hydrogens (tertiary/aromatic N) is 1.